The van der Waals surface area contributed by atoms with E-state index in [4.69, 9.17) is 32.7 Å². The number of hydrogen-bond acceptors (Lipinski definition) is 11. The average Bonchev–Trinajstić information content (AvgIpc) is 3.65. The van der Waals surface area contributed by atoms with E-state index in [-0.39, 0.29) is 53.3 Å². The van der Waals surface area contributed by atoms with Crippen LogP contribution in [-0.4, -0.2) is 64.6 Å². The monoisotopic (exact) mass is 936 g/mol. The number of benzene rings is 3. The number of rotatable bonds is 9. The zero-order valence-corrected chi connectivity index (χ0v) is 35.7. The number of hydrazine groups is 1. The Balaban J connectivity index is 1.17. The highest BCUT2D eigenvalue weighted by Crippen LogP contribution is 2.63. The van der Waals surface area contributed by atoms with Gasteiger partial charge < -0.3 is 19.1 Å². The van der Waals surface area contributed by atoms with Gasteiger partial charge in [0.1, 0.15) is 5.69 Å². The molecule has 0 bridgehead atoms. The Kier molecular flexibility index (Phi) is 10.4. The van der Waals surface area contributed by atoms with Gasteiger partial charge in [-0.3, -0.25) is 19.8 Å². The molecule has 3 aromatic heterocycles. The van der Waals surface area contributed by atoms with Crippen molar-refractivity contribution in [2.75, 3.05) is 19.6 Å². The minimum absolute atomic E-state index is 0.0314. The lowest BCUT2D eigenvalue weighted by Gasteiger charge is -2.49. The number of carbonyl (C=O) groups excluding carboxylic acids is 2. The van der Waals surface area contributed by atoms with Crippen LogP contribution in [0.15, 0.2) is 92.9 Å². The van der Waals surface area contributed by atoms with Crippen LogP contribution in [0, 0.1) is 11.7 Å². The summed E-state index contributed by atoms with van der Waals surface area (Å²) in [6.07, 6.45) is -3.29. The van der Waals surface area contributed by atoms with Gasteiger partial charge >= 0.3 is 17.6 Å². The summed E-state index contributed by atoms with van der Waals surface area (Å²) in [5.41, 5.74) is -1.71. The number of phenols is 1. The molecule has 1 saturated carbocycles. The van der Waals surface area contributed by atoms with Crippen LogP contribution in [0.25, 0.3) is 11.0 Å². The van der Waals surface area contributed by atoms with Crippen LogP contribution in [0.2, 0.25) is 10.0 Å². The Morgan fingerprint density at radius 2 is 1.68 bits per heavy atom. The molecule has 6 aromatic rings. The molecule has 16 nitrogen and oxygen atoms in total. The first-order valence-electron chi connectivity index (χ1n) is 19.8. The van der Waals surface area contributed by atoms with Crippen LogP contribution < -0.4 is 31.8 Å². The van der Waals surface area contributed by atoms with E-state index >= 15 is 9.18 Å². The van der Waals surface area contributed by atoms with E-state index in [0.29, 0.717) is 39.8 Å². The number of amides is 2. The number of methoxy groups -OCH3 is 2. The Morgan fingerprint density at radius 1 is 0.969 bits per heavy atom. The minimum Gasteiger partial charge on any atom is -0.505 e. The van der Waals surface area contributed by atoms with Crippen molar-refractivity contribution in [2.24, 2.45) is 13.0 Å². The molecule has 0 unspecified atom stereocenters. The zero-order chi connectivity index (χ0) is 46.4. The number of allylic oxidation sites excluding steroid dienone is 2. The normalized spacial score (nSPS) is 20.4. The smallest absolute Gasteiger partial charge is 0.417 e. The fraction of sp³-hybridized carbons (Fsp3) is 0.279. The van der Waals surface area contributed by atoms with Crippen molar-refractivity contribution < 1.29 is 41.7 Å². The van der Waals surface area contributed by atoms with E-state index in [1.807, 2.05) is 0 Å². The summed E-state index contributed by atoms with van der Waals surface area (Å²) in [4.78, 5) is 80.8. The van der Waals surface area contributed by atoms with Gasteiger partial charge in [0.05, 0.1) is 59.8 Å². The van der Waals surface area contributed by atoms with Crippen molar-refractivity contribution in [3.05, 3.63) is 148 Å². The summed E-state index contributed by atoms with van der Waals surface area (Å²) in [6.45, 7) is -0.566. The number of aryl methyl sites for hydroxylation is 2. The molecule has 5 heterocycles. The number of phenolic OH excluding ortho intramolecular Hbond substituents is 1. The maximum atomic E-state index is 15.5. The molecule has 4 atom stereocenters. The third-order valence-corrected chi connectivity index (χ3v) is 13.0. The van der Waals surface area contributed by atoms with E-state index in [9.17, 15) is 37.5 Å². The SMILES string of the molecule is COc1cc2nc(CCn3c(=O)n4n(c3=O)[C@@H]3C[C@H]5C(=O)N(Nc6ncc(C(F)(F)F)cc6Cl)C(=O)[C@@]5(c5ccc(Cl)cc5)[C@@H](c5cccc(F)c5O)C3=CC4)c(=O)n(C)c2cc1OC. The lowest BCUT2D eigenvalue weighted by atomic mass is 9.53. The van der Waals surface area contributed by atoms with Gasteiger partial charge in [-0.25, -0.2) is 37.9 Å². The van der Waals surface area contributed by atoms with Crippen LogP contribution in [-0.2, 0) is 47.7 Å². The van der Waals surface area contributed by atoms with Crippen molar-refractivity contribution in [3.8, 4) is 17.2 Å². The van der Waals surface area contributed by atoms with Crippen molar-refractivity contribution >= 4 is 51.9 Å². The molecule has 2 N–H and O–H groups in total. The molecule has 22 heteroatoms. The fourth-order valence-electron chi connectivity index (χ4n) is 9.48. The second-order valence-corrected chi connectivity index (χ2v) is 16.5. The standard InChI is InChI=1S/C43H34Cl2F4N8O8/c1-53-31-18-33(65-3)32(64-2)17-29(31)51-28(38(53)60)12-13-54-40(62)55-14-11-23-30(57(55)41(54)63)16-25-37(59)56(52-36-26(45)15-21(19-50-36)43(47,48)49)39(61)42(25,20-7-9-22(44)10-8-20)34(23)24-5-4-6-27(46)35(24)58/h4-11,15,17-19,25,30,34,58H,12-14,16H2,1-3H3,(H,50,52)/t25-,30+,34+,42+/m0/s1. The van der Waals surface area contributed by atoms with Gasteiger partial charge in [-0.2, -0.15) is 18.2 Å². The molecule has 0 spiro atoms. The number of aromatic hydroxyl groups is 1. The molecule has 1 aliphatic carbocycles. The average molecular weight is 938 g/mol. The molecule has 336 valence electrons. The molecule has 3 aromatic carbocycles. The minimum atomic E-state index is -4.82. The number of aromatic nitrogens is 6. The first-order valence-corrected chi connectivity index (χ1v) is 20.5. The highest BCUT2D eigenvalue weighted by molar-refractivity contribution is 6.33. The highest BCUT2D eigenvalue weighted by atomic mass is 35.5. The Hall–Kier alpha value is -6.93. The van der Waals surface area contributed by atoms with E-state index in [2.05, 4.69) is 15.4 Å². The van der Waals surface area contributed by atoms with E-state index in [1.165, 1.54) is 62.2 Å². The zero-order valence-electron chi connectivity index (χ0n) is 34.2. The number of halogens is 6. The predicted octanol–water partition coefficient (Wildman–Crippen LogP) is 5.50. The highest BCUT2D eigenvalue weighted by Gasteiger charge is 2.69. The number of carbonyl (C=O) groups is 2. The number of para-hydroxylation sites is 1. The predicted molar refractivity (Wildman–Crippen MR) is 226 cm³/mol. The van der Waals surface area contributed by atoms with Gasteiger partial charge in [0, 0.05) is 54.8 Å². The van der Waals surface area contributed by atoms with Gasteiger partial charge in [-0.05, 0) is 41.8 Å². The second-order valence-electron chi connectivity index (χ2n) is 15.6. The van der Waals surface area contributed by atoms with E-state index < -0.39 is 86.2 Å². The number of imide groups is 1. The number of anilines is 1. The largest absolute Gasteiger partial charge is 0.505 e. The van der Waals surface area contributed by atoms with Gasteiger partial charge in [-0.1, -0.05) is 53.5 Å². The summed E-state index contributed by atoms with van der Waals surface area (Å²) in [5, 5.41) is 11.7. The first kappa shape index (κ1) is 43.3. The molecule has 1 saturated heterocycles. The second kappa shape index (κ2) is 15.7. The van der Waals surface area contributed by atoms with Crippen molar-refractivity contribution in [2.45, 2.75) is 49.5 Å². The summed E-state index contributed by atoms with van der Waals surface area (Å²) in [7, 11) is 4.43. The number of alkyl halides is 3. The van der Waals surface area contributed by atoms with Gasteiger partial charge in [-0.15, -0.1) is 0 Å². The summed E-state index contributed by atoms with van der Waals surface area (Å²) >= 11 is 12.5. The summed E-state index contributed by atoms with van der Waals surface area (Å²) in [5.74, 6) is -6.51. The Morgan fingerprint density at radius 3 is 2.35 bits per heavy atom. The molecular weight excluding hydrogens is 903 g/mol. The van der Waals surface area contributed by atoms with Gasteiger partial charge in [0.2, 0.25) is 0 Å². The Bertz CT molecular complexity index is 3220. The lowest BCUT2D eigenvalue weighted by molar-refractivity contribution is -0.139. The number of nitrogens with one attached hydrogen (secondary N) is 1. The van der Waals surface area contributed by atoms with Crippen LogP contribution in [0.4, 0.5) is 23.4 Å². The molecule has 2 amide bonds. The number of fused-ring (bicyclic) bond motifs is 5. The van der Waals surface area contributed by atoms with Crippen LogP contribution in [0.5, 0.6) is 17.2 Å². The topological polar surface area (TPSA) is 185 Å². The molecule has 2 fully saturated rings. The third-order valence-electron chi connectivity index (χ3n) is 12.4. The molecule has 2 aliphatic heterocycles. The van der Waals surface area contributed by atoms with Gasteiger partial charge in [0.25, 0.3) is 17.4 Å². The van der Waals surface area contributed by atoms with Crippen LogP contribution in [0.3, 0.4) is 0 Å². The molecule has 65 heavy (non-hydrogen) atoms. The lowest BCUT2D eigenvalue weighted by Crippen LogP contribution is -2.53. The summed E-state index contributed by atoms with van der Waals surface area (Å²) in [6, 6.07) is 12.1. The number of ether oxygens (including phenoxy) is 2. The number of hydrogen-bond donors (Lipinski definition) is 2. The maximum Gasteiger partial charge on any atom is 0.417 e. The third kappa shape index (κ3) is 6.59. The Labute approximate surface area is 373 Å². The van der Waals surface area contributed by atoms with E-state index in [0.717, 1.165) is 20.0 Å². The first-order chi connectivity index (χ1) is 30.9. The maximum absolute atomic E-state index is 15.5. The van der Waals surface area contributed by atoms with Crippen molar-refractivity contribution in [1.29, 1.82) is 0 Å². The molecule has 9 rings (SSSR count). The fourth-order valence-corrected chi connectivity index (χ4v) is 9.82. The molecular formula is C43H34Cl2F4N8O8. The summed E-state index contributed by atoms with van der Waals surface area (Å²) < 4.78 is 71.4. The van der Waals surface area contributed by atoms with Crippen LogP contribution >= 0.6 is 23.2 Å². The van der Waals surface area contributed by atoms with Crippen LogP contribution in [0.1, 0.15) is 40.8 Å². The van der Waals surface area contributed by atoms with Gasteiger partial charge in [0.15, 0.2) is 28.9 Å². The van der Waals surface area contributed by atoms with Crippen molar-refractivity contribution in [3.63, 3.8) is 0 Å². The van der Waals surface area contributed by atoms with Crippen molar-refractivity contribution in [1.82, 2.24) is 33.5 Å². The molecule has 3 aliphatic rings. The molecule has 0 radical (unpaired) electrons. The number of pyridine rings is 1. The van der Waals surface area contributed by atoms with E-state index in [1.54, 1.807) is 18.2 Å². The quantitative estimate of drug-likeness (QED) is 0.106. The number of nitrogens with zero attached hydrogens (tertiary/aromatic N) is 7.